The monoisotopic (exact) mass is 411 g/mol. The zero-order valence-electron chi connectivity index (χ0n) is 16.3. The summed E-state index contributed by atoms with van der Waals surface area (Å²) >= 11 is 1.28. The van der Waals surface area contributed by atoms with Gasteiger partial charge in [-0.15, -0.1) is 0 Å². The van der Waals surface area contributed by atoms with E-state index >= 15 is 0 Å². The largest absolute Gasteiger partial charge is 0.477 e. The summed E-state index contributed by atoms with van der Waals surface area (Å²) in [6.45, 7) is 5.96. The minimum absolute atomic E-state index is 0.0162. The van der Waals surface area contributed by atoms with Gasteiger partial charge >= 0.3 is 0 Å². The number of hydrogen-bond acceptors (Lipinski definition) is 7. The van der Waals surface area contributed by atoms with E-state index < -0.39 is 6.17 Å². The van der Waals surface area contributed by atoms with Crippen molar-refractivity contribution in [3.63, 3.8) is 0 Å². The zero-order chi connectivity index (χ0) is 20.1. The molecular weight excluding hydrogens is 385 g/mol. The maximum Gasteiger partial charge on any atom is 0.275 e. The number of ether oxygens (including phenoxy) is 3. The third kappa shape index (κ3) is 6.00. The SMILES string of the molecule is CC(=O)N[C@@H](C)COC1CC(COc2ccc3nc(OC[C@H](C)F)sc3n2)C1. The highest BCUT2D eigenvalue weighted by atomic mass is 32.1. The number of alkyl halides is 1. The molecule has 0 spiro atoms. The summed E-state index contributed by atoms with van der Waals surface area (Å²) in [6.07, 6.45) is 1.06. The maximum atomic E-state index is 12.9. The minimum Gasteiger partial charge on any atom is -0.477 e. The van der Waals surface area contributed by atoms with Crippen molar-refractivity contribution in [3.8, 4) is 11.1 Å². The van der Waals surface area contributed by atoms with Crippen molar-refractivity contribution in [1.29, 1.82) is 0 Å². The van der Waals surface area contributed by atoms with Crippen LogP contribution in [0.4, 0.5) is 4.39 Å². The predicted molar refractivity (Wildman–Crippen MR) is 105 cm³/mol. The lowest BCUT2D eigenvalue weighted by Gasteiger charge is -2.35. The lowest BCUT2D eigenvalue weighted by molar-refractivity contribution is -0.120. The van der Waals surface area contributed by atoms with E-state index in [-0.39, 0.29) is 24.7 Å². The second-order valence-corrected chi connectivity index (χ2v) is 8.19. The number of nitrogens with zero attached hydrogens (tertiary/aromatic N) is 2. The Bertz CT molecular complexity index is 795. The number of amides is 1. The van der Waals surface area contributed by atoms with Crippen LogP contribution in [-0.4, -0.2) is 54.0 Å². The molecule has 2 aromatic heterocycles. The first kappa shape index (κ1) is 20.7. The van der Waals surface area contributed by atoms with Crippen LogP contribution in [0.5, 0.6) is 11.1 Å². The molecule has 154 valence electrons. The number of nitrogens with one attached hydrogen (secondary N) is 1. The van der Waals surface area contributed by atoms with Gasteiger partial charge in [0.05, 0.1) is 19.3 Å². The summed E-state index contributed by atoms with van der Waals surface area (Å²) in [5.41, 5.74) is 0.712. The first-order valence-electron chi connectivity index (χ1n) is 9.45. The highest BCUT2D eigenvalue weighted by Crippen LogP contribution is 2.32. The van der Waals surface area contributed by atoms with Crippen LogP contribution in [0.2, 0.25) is 0 Å². The molecule has 1 fully saturated rings. The molecule has 1 saturated carbocycles. The Morgan fingerprint density at radius 1 is 1.29 bits per heavy atom. The van der Waals surface area contributed by atoms with E-state index in [9.17, 15) is 9.18 Å². The Labute approximate surface area is 167 Å². The zero-order valence-corrected chi connectivity index (χ0v) is 17.1. The van der Waals surface area contributed by atoms with Gasteiger partial charge in [0.25, 0.3) is 5.19 Å². The van der Waals surface area contributed by atoms with Gasteiger partial charge in [0.2, 0.25) is 11.8 Å². The molecule has 7 nitrogen and oxygen atoms in total. The van der Waals surface area contributed by atoms with Gasteiger partial charge in [0, 0.05) is 19.0 Å². The molecule has 1 aliphatic rings. The minimum atomic E-state index is -1.04. The molecule has 0 radical (unpaired) electrons. The topological polar surface area (TPSA) is 82.6 Å². The number of hydrogen-bond donors (Lipinski definition) is 1. The van der Waals surface area contributed by atoms with Gasteiger partial charge in [0.15, 0.2) is 4.83 Å². The molecule has 0 aliphatic heterocycles. The van der Waals surface area contributed by atoms with E-state index in [2.05, 4.69) is 15.3 Å². The molecule has 2 aromatic rings. The van der Waals surface area contributed by atoms with Gasteiger partial charge in [-0.05, 0) is 38.7 Å². The van der Waals surface area contributed by atoms with Crippen LogP contribution >= 0.6 is 11.3 Å². The fourth-order valence-electron chi connectivity index (χ4n) is 2.93. The molecule has 0 aromatic carbocycles. The summed E-state index contributed by atoms with van der Waals surface area (Å²) in [5.74, 6) is 0.937. The predicted octanol–water partition coefficient (Wildman–Crippen LogP) is 3.13. The van der Waals surface area contributed by atoms with Crippen LogP contribution < -0.4 is 14.8 Å². The second-order valence-electron chi connectivity index (χ2n) is 7.25. The van der Waals surface area contributed by atoms with Crippen LogP contribution in [0.15, 0.2) is 12.1 Å². The molecule has 1 N–H and O–H groups in total. The molecule has 2 atom stereocenters. The molecule has 0 bridgehead atoms. The summed E-state index contributed by atoms with van der Waals surface area (Å²) in [6, 6.07) is 3.63. The Balaban J connectivity index is 1.39. The number of fused-ring (bicyclic) bond motifs is 1. The molecule has 0 unspecified atom stereocenters. The number of rotatable bonds is 10. The van der Waals surface area contributed by atoms with Gasteiger partial charge in [0.1, 0.15) is 18.3 Å². The van der Waals surface area contributed by atoms with Gasteiger partial charge in [-0.2, -0.15) is 0 Å². The fraction of sp³-hybridized carbons (Fsp3) is 0.632. The molecule has 9 heteroatoms. The van der Waals surface area contributed by atoms with Gasteiger partial charge < -0.3 is 19.5 Å². The second kappa shape index (κ2) is 9.47. The quantitative estimate of drug-likeness (QED) is 0.647. The Kier molecular flexibility index (Phi) is 7.01. The van der Waals surface area contributed by atoms with E-state index in [1.807, 2.05) is 13.0 Å². The molecule has 3 rings (SSSR count). The van der Waals surface area contributed by atoms with Crippen molar-refractivity contribution in [3.05, 3.63) is 12.1 Å². The Morgan fingerprint density at radius 3 is 2.79 bits per heavy atom. The average molecular weight is 411 g/mol. The van der Waals surface area contributed by atoms with Crippen LogP contribution in [0.3, 0.4) is 0 Å². The number of thiazole rings is 1. The summed E-state index contributed by atoms with van der Waals surface area (Å²) in [7, 11) is 0. The van der Waals surface area contributed by atoms with Crippen LogP contribution in [0.1, 0.15) is 33.6 Å². The Morgan fingerprint density at radius 2 is 2.07 bits per heavy atom. The summed E-state index contributed by atoms with van der Waals surface area (Å²) < 4.78 is 29.8. The standard InChI is InChI=1S/C19H26FN3O4S/c1-11(20)8-27-19-22-16-4-5-17(23-18(16)28-19)26-10-14-6-15(7-14)25-9-12(2)21-13(3)24/h4-5,11-12,14-15H,6-10H2,1-3H3,(H,21,24)/t11-,12-,14?,15?/m0/s1. The first-order chi connectivity index (χ1) is 13.4. The van der Waals surface area contributed by atoms with Crippen LogP contribution in [0, 0.1) is 5.92 Å². The summed E-state index contributed by atoms with van der Waals surface area (Å²) in [5, 5.41) is 3.22. The number of carbonyl (C=O) groups excluding carboxylic acids is 1. The van der Waals surface area contributed by atoms with Crippen molar-refractivity contribution >= 4 is 27.6 Å². The third-order valence-corrected chi connectivity index (χ3v) is 5.22. The van der Waals surface area contributed by atoms with Crippen LogP contribution in [-0.2, 0) is 9.53 Å². The highest BCUT2D eigenvalue weighted by molar-refractivity contribution is 7.19. The van der Waals surface area contributed by atoms with Crippen molar-refractivity contribution < 1.29 is 23.4 Å². The molecule has 1 amide bonds. The molecule has 1 aliphatic carbocycles. The van der Waals surface area contributed by atoms with Crippen molar-refractivity contribution in [2.24, 2.45) is 5.92 Å². The number of pyridine rings is 1. The van der Waals surface area contributed by atoms with Crippen molar-refractivity contribution in [1.82, 2.24) is 15.3 Å². The van der Waals surface area contributed by atoms with Gasteiger partial charge in [-0.3, -0.25) is 4.79 Å². The van der Waals surface area contributed by atoms with E-state index in [0.29, 0.717) is 40.6 Å². The van der Waals surface area contributed by atoms with E-state index in [1.54, 1.807) is 6.07 Å². The molecule has 0 saturated heterocycles. The highest BCUT2D eigenvalue weighted by Gasteiger charge is 2.30. The van der Waals surface area contributed by atoms with E-state index in [1.165, 1.54) is 25.2 Å². The molecule has 2 heterocycles. The van der Waals surface area contributed by atoms with Gasteiger partial charge in [-0.1, -0.05) is 11.3 Å². The first-order valence-corrected chi connectivity index (χ1v) is 10.3. The van der Waals surface area contributed by atoms with Crippen molar-refractivity contribution in [2.75, 3.05) is 19.8 Å². The number of aromatic nitrogens is 2. The van der Waals surface area contributed by atoms with E-state index in [4.69, 9.17) is 14.2 Å². The van der Waals surface area contributed by atoms with Crippen molar-refractivity contribution in [2.45, 2.75) is 51.9 Å². The van der Waals surface area contributed by atoms with Crippen LogP contribution in [0.25, 0.3) is 10.3 Å². The average Bonchev–Trinajstić information content (AvgIpc) is 2.99. The molecule has 28 heavy (non-hydrogen) atoms. The maximum absolute atomic E-state index is 12.9. The Hall–Kier alpha value is -2.00. The van der Waals surface area contributed by atoms with Gasteiger partial charge in [-0.25, -0.2) is 14.4 Å². The summed E-state index contributed by atoms with van der Waals surface area (Å²) in [4.78, 5) is 20.4. The normalized spacial score (nSPS) is 21.0. The number of halogens is 1. The molecular formula is C19H26FN3O4S. The fourth-order valence-corrected chi connectivity index (χ4v) is 3.72. The lowest BCUT2D eigenvalue weighted by Crippen LogP contribution is -2.40. The smallest absolute Gasteiger partial charge is 0.275 e. The third-order valence-electron chi connectivity index (χ3n) is 4.34. The van der Waals surface area contributed by atoms with E-state index in [0.717, 1.165) is 12.8 Å². The number of carbonyl (C=O) groups is 1. The lowest BCUT2D eigenvalue weighted by atomic mass is 9.83.